The van der Waals surface area contributed by atoms with Crippen LogP contribution in [0.25, 0.3) is 22.4 Å². The van der Waals surface area contributed by atoms with Gasteiger partial charge >= 0.3 is 0 Å². The molecule has 158 valence electrons. The van der Waals surface area contributed by atoms with Crippen LogP contribution in [0, 0.1) is 0 Å². The summed E-state index contributed by atoms with van der Waals surface area (Å²) in [7, 11) is 0. The van der Waals surface area contributed by atoms with Gasteiger partial charge in [-0.3, -0.25) is 4.79 Å². The highest BCUT2D eigenvalue weighted by Gasteiger charge is 2.27. The van der Waals surface area contributed by atoms with Crippen LogP contribution in [0.15, 0.2) is 69.9 Å². The second-order valence-electron chi connectivity index (χ2n) is 7.13. The van der Waals surface area contributed by atoms with Crippen molar-refractivity contribution in [2.45, 2.75) is 6.10 Å². The Balaban J connectivity index is 1.31. The van der Waals surface area contributed by atoms with E-state index in [1.165, 1.54) is 15.9 Å². The molecule has 0 spiro atoms. The zero-order chi connectivity index (χ0) is 21.7. The Morgan fingerprint density at radius 3 is 2.72 bits per heavy atom. The first-order valence-corrected chi connectivity index (χ1v) is 11.0. The lowest BCUT2D eigenvalue weighted by atomic mass is 10.2. The van der Waals surface area contributed by atoms with Crippen LogP contribution in [-0.2, 0) is 0 Å². The molecule has 1 unspecified atom stereocenters. The third-order valence-corrected chi connectivity index (χ3v) is 6.32. The van der Waals surface area contributed by atoms with Crippen molar-refractivity contribution in [3.05, 3.63) is 92.2 Å². The first-order valence-electron chi connectivity index (χ1n) is 9.80. The van der Waals surface area contributed by atoms with E-state index < -0.39 is 6.10 Å². The number of benzene rings is 2. The predicted molar refractivity (Wildman–Crippen MR) is 120 cm³/mol. The number of aromatic nitrogens is 3. The van der Waals surface area contributed by atoms with Gasteiger partial charge in [0.25, 0.3) is 5.56 Å². The fourth-order valence-corrected chi connectivity index (χ4v) is 4.62. The first kappa shape index (κ1) is 19.1. The third-order valence-electron chi connectivity index (χ3n) is 5.03. The summed E-state index contributed by atoms with van der Waals surface area (Å²) in [5.74, 6) is 2.90. The Bertz CT molecular complexity index is 1570. The van der Waals surface area contributed by atoms with Crippen LogP contribution in [0.4, 0.5) is 0 Å². The van der Waals surface area contributed by atoms with Gasteiger partial charge in [0.1, 0.15) is 22.7 Å². The molecule has 0 amide bonds. The molecule has 2 aromatic carbocycles. The number of ether oxygens (including phenoxy) is 2. The van der Waals surface area contributed by atoms with Crippen LogP contribution in [0.3, 0.4) is 0 Å². The highest BCUT2D eigenvalue weighted by atomic mass is 35.5. The van der Waals surface area contributed by atoms with Gasteiger partial charge < -0.3 is 13.9 Å². The molecule has 0 aliphatic carbocycles. The fraction of sp³-hybridized carbons (Fsp3) is 0.0870. The van der Waals surface area contributed by atoms with E-state index >= 15 is 0 Å². The summed E-state index contributed by atoms with van der Waals surface area (Å²) < 4.78 is 19.3. The summed E-state index contributed by atoms with van der Waals surface area (Å²) in [5.41, 5.74) is 0.524. The molecule has 0 saturated carbocycles. The van der Waals surface area contributed by atoms with Gasteiger partial charge in [-0.2, -0.15) is 9.50 Å². The van der Waals surface area contributed by atoms with Crippen molar-refractivity contribution in [1.82, 2.24) is 14.6 Å². The molecule has 5 aromatic rings. The normalized spacial score (nSPS) is 16.0. The molecule has 3 aromatic heterocycles. The zero-order valence-corrected chi connectivity index (χ0v) is 18.0. The summed E-state index contributed by atoms with van der Waals surface area (Å²) in [5, 5.41) is 4.96. The third kappa shape index (κ3) is 3.24. The predicted octanol–water partition coefficient (Wildman–Crippen LogP) is 4.12. The quantitative estimate of drug-likeness (QED) is 0.400. The minimum absolute atomic E-state index is 0.267. The van der Waals surface area contributed by atoms with Crippen LogP contribution < -0.4 is 19.6 Å². The standard InChI is InChI=1S/C23H14ClN3O4S/c24-15-6-2-1-5-14(15)16-10-9-13(30-16)11-20-22(28)27-23(32-20)25-21(26-27)19-12-29-17-7-3-4-8-18(17)31-19/h1-11,19H,12H2/b20-11+. The second-order valence-corrected chi connectivity index (χ2v) is 8.54. The molecule has 1 aliphatic heterocycles. The largest absolute Gasteiger partial charge is 0.485 e. The molecular weight excluding hydrogens is 450 g/mol. The Hall–Kier alpha value is -3.62. The molecule has 7 nitrogen and oxygen atoms in total. The summed E-state index contributed by atoms with van der Waals surface area (Å²) in [6.45, 7) is 0.277. The maximum atomic E-state index is 12.9. The fourth-order valence-electron chi connectivity index (χ4n) is 3.50. The van der Waals surface area contributed by atoms with Gasteiger partial charge in [0, 0.05) is 11.6 Å². The number of hydrogen-bond acceptors (Lipinski definition) is 7. The first-order chi connectivity index (χ1) is 15.7. The molecule has 0 N–H and O–H groups in total. The van der Waals surface area contributed by atoms with Gasteiger partial charge in [-0.15, -0.1) is 5.10 Å². The highest BCUT2D eigenvalue weighted by molar-refractivity contribution is 7.15. The highest BCUT2D eigenvalue weighted by Crippen LogP contribution is 2.35. The van der Waals surface area contributed by atoms with Gasteiger partial charge in [0.05, 0.1) is 5.02 Å². The molecule has 0 saturated heterocycles. The molecule has 4 heterocycles. The van der Waals surface area contributed by atoms with Crippen molar-refractivity contribution in [1.29, 1.82) is 0 Å². The number of rotatable bonds is 3. The summed E-state index contributed by atoms with van der Waals surface area (Å²) >= 11 is 7.48. The lowest BCUT2D eigenvalue weighted by Crippen LogP contribution is -2.26. The summed E-state index contributed by atoms with van der Waals surface area (Å²) in [4.78, 5) is 17.8. The number of para-hydroxylation sites is 2. The van der Waals surface area contributed by atoms with Gasteiger partial charge in [-0.05, 0) is 36.4 Å². The Kier molecular flexibility index (Phi) is 4.48. The zero-order valence-electron chi connectivity index (χ0n) is 16.4. The van der Waals surface area contributed by atoms with Crippen molar-refractivity contribution in [3.8, 4) is 22.8 Å². The Labute approximate surface area is 190 Å². The number of hydrogen-bond donors (Lipinski definition) is 0. The van der Waals surface area contributed by atoms with Crippen LogP contribution >= 0.6 is 22.9 Å². The van der Waals surface area contributed by atoms with Crippen LogP contribution in [0.1, 0.15) is 17.7 Å². The van der Waals surface area contributed by atoms with E-state index in [4.69, 9.17) is 25.5 Å². The van der Waals surface area contributed by atoms with Crippen molar-refractivity contribution >= 4 is 34.0 Å². The number of thiazole rings is 1. The van der Waals surface area contributed by atoms with Crippen LogP contribution in [-0.4, -0.2) is 21.2 Å². The smallest absolute Gasteiger partial charge is 0.291 e. The van der Waals surface area contributed by atoms with Gasteiger partial charge in [0.15, 0.2) is 23.4 Å². The van der Waals surface area contributed by atoms with Gasteiger partial charge in [-0.1, -0.05) is 47.2 Å². The van der Waals surface area contributed by atoms with E-state index in [2.05, 4.69) is 10.1 Å². The van der Waals surface area contributed by atoms with Crippen molar-refractivity contribution in [2.75, 3.05) is 6.61 Å². The summed E-state index contributed by atoms with van der Waals surface area (Å²) in [6.07, 6.45) is 1.20. The van der Waals surface area contributed by atoms with Crippen molar-refractivity contribution < 1.29 is 13.9 Å². The molecule has 1 atom stereocenters. The summed E-state index contributed by atoms with van der Waals surface area (Å²) in [6, 6.07) is 18.5. The van der Waals surface area contributed by atoms with E-state index in [0.29, 0.717) is 43.4 Å². The van der Waals surface area contributed by atoms with E-state index in [1.807, 2.05) is 48.5 Å². The van der Waals surface area contributed by atoms with E-state index in [0.717, 1.165) is 5.56 Å². The second kappa shape index (κ2) is 7.51. The Morgan fingerprint density at radius 2 is 1.88 bits per heavy atom. The SMILES string of the molecule is O=c1/c(=C\c2ccc(-c3ccccc3Cl)o2)sc2nc(C3COc4ccccc4O3)nn12. The minimum Gasteiger partial charge on any atom is -0.485 e. The molecule has 0 fully saturated rings. The lowest BCUT2D eigenvalue weighted by Gasteiger charge is -2.24. The molecule has 9 heteroatoms. The Morgan fingerprint density at radius 1 is 1.06 bits per heavy atom. The van der Waals surface area contributed by atoms with Crippen molar-refractivity contribution in [2.24, 2.45) is 0 Å². The average molecular weight is 464 g/mol. The van der Waals surface area contributed by atoms with Gasteiger partial charge in [-0.25, -0.2) is 0 Å². The van der Waals surface area contributed by atoms with Crippen LogP contribution in [0.2, 0.25) is 5.02 Å². The average Bonchev–Trinajstić information content (AvgIpc) is 3.51. The topological polar surface area (TPSA) is 78.9 Å². The maximum Gasteiger partial charge on any atom is 0.291 e. The molecule has 6 rings (SSSR count). The maximum absolute atomic E-state index is 12.9. The number of nitrogens with zero attached hydrogens (tertiary/aromatic N) is 3. The number of fused-ring (bicyclic) bond motifs is 2. The van der Waals surface area contributed by atoms with Gasteiger partial charge in [0.2, 0.25) is 4.96 Å². The van der Waals surface area contributed by atoms with E-state index in [1.54, 1.807) is 18.2 Å². The molecule has 0 bridgehead atoms. The van der Waals surface area contributed by atoms with E-state index in [9.17, 15) is 4.79 Å². The minimum atomic E-state index is -0.480. The number of furan rings is 1. The molecule has 32 heavy (non-hydrogen) atoms. The van der Waals surface area contributed by atoms with Crippen LogP contribution in [0.5, 0.6) is 11.5 Å². The molecule has 0 radical (unpaired) electrons. The molecule has 1 aliphatic rings. The molecular formula is C23H14ClN3O4S. The number of halogens is 1. The monoisotopic (exact) mass is 463 g/mol. The van der Waals surface area contributed by atoms with E-state index in [-0.39, 0.29) is 12.2 Å². The lowest BCUT2D eigenvalue weighted by molar-refractivity contribution is 0.0852. The van der Waals surface area contributed by atoms with Crippen molar-refractivity contribution in [3.63, 3.8) is 0 Å².